The number of pyridine rings is 1. The second-order valence-corrected chi connectivity index (χ2v) is 7.05. The van der Waals surface area contributed by atoms with Gasteiger partial charge in [-0.25, -0.2) is 15.2 Å². The van der Waals surface area contributed by atoms with Crippen LogP contribution in [0.3, 0.4) is 0 Å². The molecule has 1 fully saturated rings. The number of benzene rings is 2. The van der Waals surface area contributed by atoms with Crippen molar-refractivity contribution in [1.82, 2.24) is 4.98 Å². The Morgan fingerprint density at radius 1 is 1.13 bits per heavy atom. The average Bonchev–Trinajstić information content (AvgIpc) is 3.30. The molecule has 6 N–H and O–H groups in total. The molecular weight excluding hydrogens is 385 g/mol. The first-order valence-corrected chi connectivity index (χ1v) is 9.61. The smallest absolute Gasteiger partial charge is 0.258 e. The number of nitrogens with two attached hydrogens (primary N) is 2. The van der Waals surface area contributed by atoms with E-state index in [9.17, 15) is 9.18 Å². The minimum Gasteiger partial charge on any atom is -0.396 e. The minimum absolute atomic E-state index is 0.0865. The first kappa shape index (κ1) is 19.8. The third kappa shape index (κ3) is 4.10. The molecule has 1 aliphatic rings. The van der Waals surface area contributed by atoms with Gasteiger partial charge in [-0.05, 0) is 60.9 Å². The highest BCUT2D eigenvalue weighted by Gasteiger charge is 2.18. The van der Waals surface area contributed by atoms with Crippen LogP contribution in [0, 0.1) is 5.82 Å². The van der Waals surface area contributed by atoms with Crippen molar-refractivity contribution < 1.29 is 13.9 Å². The highest BCUT2D eigenvalue weighted by molar-refractivity contribution is 6.05. The number of hydrazine groups is 1. The summed E-state index contributed by atoms with van der Waals surface area (Å²) >= 11 is 0. The molecule has 4 rings (SSSR count). The largest absolute Gasteiger partial charge is 0.396 e. The SMILES string of the molecule is NNc1nc(-c2ccc(F)c(C(=O)Nc3ccc(C4CCCO4)cc3)c2)ccc1N. The van der Waals surface area contributed by atoms with Crippen molar-refractivity contribution in [2.24, 2.45) is 5.84 Å². The van der Waals surface area contributed by atoms with Crippen LogP contribution in [0.5, 0.6) is 0 Å². The molecule has 1 aliphatic heterocycles. The van der Waals surface area contributed by atoms with Crippen molar-refractivity contribution in [3.8, 4) is 11.3 Å². The first-order chi connectivity index (χ1) is 14.5. The third-order valence-electron chi connectivity index (χ3n) is 5.04. The maximum atomic E-state index is 14.4. The van der Waals surface area contributed by atoms with Gasteiger partial charge in [0.05, 0.1) is 23.0 Å². The first-order valence-electron chi connectivity index (χ1n) is 9.61. The van der Waals surface area contributed by atoms with Gasteiger partial charge in [0.2, 0.25) is 0 Å². The fourth-order valence-corrected chi connectivity index (χ4v) is 3.42. The summed E-state index contributed by atoms with van der Waals surface area (Å²) in [6, 6.07) is 14.9. The van der Waals surface area contributed by atoms with E-state index in [0.717, 1.165) is 25.0 Å². The standard InChI is InChI=1S/C22H22FN5O2/c23-17-8-5-14(19-10-9-18(24)21(27-19)28-25)12-16(17)22(29)26-15-6-3-13(4-7-15)20-2-1-11-30-20/h3-10,12,20H,1-2,11,24-25H2,(H,26,29)(H,27,28). The number of rotatable bonds is 5. The van der Waals surface area contributed by atoms with Crippen LogP contribution < -0.4 is 22.3 Å². The summed E-state index contributed by atoms with van der Waals surface area (Å²) < 4.78 is 20.0. The summed E-state index contributed by atoms with van der Waals surface area (Å²) in [5.41, 5.74) is 11.2. The minimum atomic E-state index is -0.625. The second-order valence-electron chi connectivity index (χ2n) is 7.05. The number of aromatic nitrogens is 1. The molecule has 0 spiro atoms. The number of nitrogens with one attached hydrogen (secondary N) is 2. The van der Waals surface area contributed by atoms with Crippen LogP contribution in [0.4, 0.5) is 21.6 Å². The zero-order valence-electron chi connectivity index (χ0n) is 16.2. The topological polar surface area (TPSA) is 115 Å². The van der Waals surface area contributed by atoms with E-state index in [-0.39, 0.29) is 11.7 Å². The molecule has 0 aliphatic carbocycles. The van der Waals surface area contributed by atoms with E-state index in [1.54, 1.807) is 30.3 Å². The van der Waals surface area contributed by atoms with Gasteiger partial charge >= 0.3 is 0 Å². The molecule has 3 aromatic rings. The Labute approximate surface area is 173 Å². The summed E-state index contributed by atoms with van der Waals surface area (Å²) in [4.78, 5) is 17.0. The van der Waals surface area contributed by atoms with Gasteiger partial charge in [-0.3, -0.25) is 4.79 Å². The summed E-state index contributed by atoms with van der Waals surface area (Å²) in [6.07, 6.45) is 2.14. The molecule has 1 amide bonds. The number of nitrogen functional groups attached to an aromatic ring is 2. The molecule has 0 radical (unpaired) electrons. The monoisotopic (exact) mass is 407 g/mol. The normalized spacial score (nSPS) is 15.7. The van der Waals surface area contributed by atoms with E-state index in [1.165, 1.54) is 12.1 Å². The predicted octanol–water partition coefficient (Wildman–Crippen LogP) is 3.86. The van der Waals surface area contributed by atoms with Gasteiger partial charge in [-0.2, -0.15) is 0 Å². The van der Waals surface area contributed by atoms with E-state index in [4.69, 9.17) is 16.3 Å². The molecule has 8 heteroatoms. The van der Waals surface area contributed by atoms with Crippen molar-refractivity contribution >= 4 is 23.1 Å². The molecule has 0 saturated carbocycles. The van der Waals surface area contributed by atoms with E-state index in [0.29, 0.717) is 28.5 Å². The Bertz CT molecular complexity index is 1070. The Kier molecular flexibility index (Phi) is 5.60. The van der Waals surface area contributed by atoms with Crippen molar-refractivity contribution in [2.75, 3.05) is 23.1 Å². The second kappa shape index (κ2) is 8.48. The number of hydrogen-bond acceptors (Lipinski definition) is 6. The molecule has 1 atom stereocenters. The summed E-state index contributed by atoms with van der Waals surface area (Å²) in [5, 5.41) is 2.73. The lowest BCUT2D eigenvalue weighted by molar-refractivity contribution is 0.102. The number of carbonyl (C=O) groups is 1. The van der Waals surface area contributed by atoms with Crippen molar-refractivity contribution in [1.29, 1.82) is 0 Å². The fourth-order valence-electron chi connectivity index (χ4n) is 3.42. The Balaban J connectivity index is 1.54. The van der Waals surface area contributed by atoms with Crippen LogP contribution in [-0.2, 0) is 4.74 Å². The summed E-state index contributed by atoms with van der Waals surface area (Å²) in [7, 11) is 0. The van der Waals surface area contributed by atoms with Gasteiger partial charge < -0.3 is 21.2 Å². The summed E-state index contributed by atoms with van der Waals surface area (Å²) in [6.45, 7) is 0.768. The molecule has 7 nitrogen and oxygen atoms in total. The van der Waals surface area contributed by atoms with Crippen LogP contribution in [0.25, 0.3) is 11.3 Å². The molecule has 0 bridgehead atoms. The lowest BCUT2D eigenvalue weighted by atomic mass is 10.1. The highest BCUT2D eigenvalue weighted by atomic mass is 19.1. The van der Waals surface area contributed by atoms with Crippen molar-refractivity contribution in [3.63, 3.8) is 0 Å². The molecule has 30 heavy (non-hydrogen) atoms. The molecule has 1 aromatic heterocycles. The quantitative estimate of drug-likeness (QED) is 0.377. The van der Waals surface area contributed by atoms with Crippen LogP contribution in [0.15, 0.2) is 54.6 Å². The average molecular weight is 407 g/mol. The van der Waals surface area contributed by atoms with Crippen LogP contribution in [0.2, 0.25) is 0 Å². The van der Waals surface area contributed by atoms with Gasteiger partial charge in [0, 0.05) is 17.9 Å². The highest BCUT2D eigenvalue weighted by Crippen LogP contribution is 2.29. The van der Waals surface area contributed by atoms with Crippen molar-refractivity contribution in [3.05, 3.63) is 71.5 Å². The predicted molar refractivity (Wildman–Crippen MR) is 114 cm³/mol. The zero-order chi connectivity index (χ0) is 21.1. The molecule has 1 unspecified atom stereocenters. The van der Waals surface area contributed by atoms with Crippen molar-refractivity contribution in [2.45, 2.75) is 18.9 Å². The van der Waals surface area contributed by atoms with E-state index in [2.05, 4.69) is 15.7 Å². The van der Waals surface area contributed by atoms with Gasteiger partial charge in [0.1, 0.15) is 5.82 Å². The number of amides is 1. The number of carbonyl (C=O) groups excluding carboxylic acids is 1. The molecule has 2 heterocycles. The lowest BCUT2D eigenvalue weighted by Crippen LogP contribution is -2.14. The van der Waals surface area contributed by atoms with Gasteiger partial charge in [-0.15, -0.1) is 0 Å². The molecule has 1 saturated heterocycles. The Hall–Kier alpha value is -3.49. The number of ether oxygens (including phenoxy) is 1. The maximum absolute atomic E-state index is 14.4. The number of hydrogen-bond donors (Lipinski definition) is 4. The third-order valence-corrected chi connectivity index (χ3v) is 5.04. The summed E-state index contributed by atoms with van der Waals surface area (Å²) in [5.74, 6) is 4.54. The number of nitrogens with zero attached hydrogens (tertiary/aromatic N) is 1. The Morgan fingerprint density at radius 2 is 1.93 bits per heavy atom. The molecule has 154 valence electrons. The zero-order valence-corrected chi connectivity index (χ0v) is 16.2. The van der Waals surface area contributed by atoms with Gasteiger partial charge in [0.15, 0.2) is 5.82 Å². The van der Waals surface area contributed by atoms with E-state index < -0.39 is 11.7 Å². The van der Waals surface area contributed by atoms with Gasteiger partial charge in [0.25, 0.3) is 5.91 Å². The van der Waals surface area contributed by atoms with Gasteiger partial charge in [-0.1, -0.05) is 12.1 Å². The van der Waals surface area contributed by atoms with E-state index in [1.807, 2.05) is 12.1 Å². The van der Waals surface area contributed by atoms with Crippen LogP contribution in [0.1, 0.15) is 34.9 Å². The van der Waals surface area contributed by atoms with Crippen LogP contribution >= 0.6 is 0 Å². The van der Waals surface area contributed by atoms with Crippen LogP contribution in [-0.4, -0.2) is 17.5 Å². The molecular formula is C22H22FN5O2. The maximum Gasteiger partial charge on any atom is 0.258 e. The lowest BCUT2D eigenvalue weighted by Gasteiger charge is -2.12. The number of halogens is 1. The molecule has 2 aromatic carbocycles. The number of anilines is 3. The Morgan fingerprint density at radius 3 is 2.63 bits per heavy atom. The van der Waals surface area contributed by atoms with E-state index >= 15 is 0 Å². The fraction of sp³-hybridized carbons (Fsp3) is 0.182.